The van der Waals surface area contributed by atoms with Crippen LogP contribution in [0.15, 0.2) is 48.5 Å². The fraction of sp³-hybridized carbons (Fsp3) is 0.176. The van der Waals surface area contributed by atoms with Gasteiger partial charge in [0.05, 0.1) is 0 Å². The number of amidine groups is 1. The second-order valence-electron chi connectivity index (χ2n) is 4.57. The van der Waals surface area contributed by atoms with E-state index in [1.54, 1.807) is 36.4 Å². The van der Waals surface area contributed by atoms with Crippen LogP contribution in [0.4, 0.5) is 4.79 Å². The van der Waals surface area contributed by atoms with Crippen LogP contribution in [0.5, 0.6) is 5.75 Å². The van der Waals surface area contributed by atoms with Gasteiger partial charge in [-0.15, -0.1) is 0 Å². The Kier molecular flexibility index (Phi) is 5.10. The molecule has 0 spiro atoms. The molecule has 0 fully saturated rings. The van der Waals surface area contributed by atoms with Gasteiger partial charge in [-0.2, -0.15) is 0 Å². The summed E-state index contributed by atoms with van der Waals surface area (Å²) in [5.41, 5.74) is 1.81. The van der Waals surface area contributed by atoms with E-state index < -0.39 is 6.09 Å². The Bertz CT molecular complexity index is 606. The maximum Gasteiger partial charge on any atom is 0.418 e. The molecule has 4 heteroatoms. The largest absolute Gasteiger partial charge is 0.418 e. The highest BCUT2D eigenvalue weighted by Crippen LogP contribution is 2.13. The number of benzene rings is 2. The molecule has 2 N–H and O–H groups in total. The molecule has 0 bridgehead atoms. The zero-order chi connectivity index (χ0) is 15.1. The lowest BCUT2D eigenvalue weighted by atomic mass is 10.1. The number of carbonyl (C=O) groups is 1. The molecule has 1 amide bonds. The lowest BCUT2D eigenvalue weighted by Gasteiger charge is -2.08. The van der Waals surface area contributed by atoms with E-state index >= 15 is 0 Å². The van der Waals surface area contributed by atoms with Crippen molar-refractivity contribution in [1.82, 2.24) is 5.32 Å². The van der Waals surface area contributed by atoms with Gasteiger partial charge in [0.1, 0.15) is 11.6 Å². The Morgan fingerprint density at radius 1 is 1.19 bits per heavy atom. The fourth-order valence-corrected chi connectivity index (χ4v) is 1.87. The highest BCUT2D eigenvalue weighted by Gasteiger charge is 2.08. The molecule has 0 aliphatic carbocycles. The molecular formula is C17H17N2O2. The van der Waals surface area contributed by atoms with Gasteiger partial charge in [-0.25, -0.2) is 4.79 Å². The molecule has 0 heterocycles. The molecule has 0 aliphatic heterocycles. The van der Waals surface area contributed by atoms with Crippen molar-refractivity contribution < 1.29 is 9.53 Å². The molecular weight excluding hydrogens is 264 g/mol. The van der Waals surface area contributed by atoms with Crippen molar-refractivity contribution in [2.75, 3.05) is 0 Å². The summed E-state index contributed by atoms with van der Waals surface area (Å²) in [6.07, 6.45) is 1.41. The van der Waals surface area contributed by atoms with E-state index in [2.05, 4.69) is 18.3 Å². The summed E-state index contributed by atoms with van der Waals surface area (Å²) in [6.45, 7) is 2.12. The number of hydrogen-bond donors (Lipinski definition) is 2. The highest BCUT2D eigenvalue weighted by atomic mass is 16.6. The van der Waals surface area contributed by atoms with Gasteiger partial charge in [-0.05, 0) is 30.2 Å². The summed E-state index contributed by atoms with van der Waals surface area (Å²) in [6, 6.07) is 17.0. The predicted octanol–water partition coefficient (Wildman–Crippen LogP) is 3.55. The van der Waals surface area contributed by atoms with Crippen LogP contribution in [0.2, 0.25) is 0 Å². The number of nitrogens with one attached hydrogen (secondary N) is 2. The molecule has 2 aromatic carbocycles. The molecule has 2 rings (SSSR count). The van der Waals surface area contributed by atoms with E-state index in [0.29, 0.717) is 11.3 Å². The minimum absolute atomic E-state index is 0.00315. The molecule has 0 unspecified atom stereocenters. The maximum atomic E-state index is 11.7. The average molecular weight is 281 g/mol. The third-order valence-corrected chi connectivity index (χ3v) is 2.91. The van der Waals surface area contributed by atoms with Crippen LogP contribution < -0.4 is 10.1 Å². The smallest absolute Gasteiger partial charge is 0.410 e. The van der Waals surface area contributed by atoms with Gasteiger partial charge in [-0.1, -0.05) is 49.7 Å². The van der Waals surface area contributed by atoms with Crippen LogP contribution in [0.1, 0.15) is 24.5 Å². The van der Waals surface area contributed by atoms with Gasteiger partial charge in [0, 0.05) is 5.56 Å². The van der Waals surface area contributed by atoms with Crippen molar-refractivity contribution in [2.24, 2.45) is 0 Å². The second kappa shape index (κ2) is 7.24. The Morgan fingerprint density at radius 3 is 2.48 bits per heavy atom. The molecule has 0 atom stereocenters. The first-order valence-corrected chi connectivity index (χ1v) is 6.82. The molecule has 0 saturated carbocycles. The van der Waals surface area contributed by atoms with Crippen molar-refractivity contribution in [3.63, 3.8) is 0 Å². The minimum atomic E-state index is -0.670. The van der Waals surface area contributed by atoms with Crippen molar-refractivity contribution in [3.05, 3.63) is 65.7 Å². The van der Waals surface area contributed by atoms with Gasteiger partial charge in [-0.3, -0.25) is 10.7 Å². The first kappa shape index (κ1) is 14.8. The van der Waals surface area contributed by atoms with E-state index in [1.165, 1.54) is 5.56 Å². The zero-order valence-corrected chi connectivity index (χ0v) is 11.8. The van der Waals surface area contributed by atoms with Crippen molar-refractivity contribution in [3.8, 4) is 5.75 Å². The molecule has 107 valence electrons. The molecule has 0 aromatic heterocycles. The van der Waals surface area contributed by atoms with Gasteiger partial charge >= 0.3 is 6.09 Å². The third kappa shape index (κ3) is 4.45. The van der Waals surface area contributed by atoms with Crippen LogP contribution in [-0.4, -0.2) is 11.9 Å². The van der Waals surface area contributed by atoms with Crippen LogP contribution >= 0.6 is 0 Å². The summed E-state index contributed by atoms with van der Waals surface area (Å²) in [5.74, 6) is 0.457. The normalized spacial score (nSPS) is 9.95. The summed E-state index contributed by atoms with van der Waals surface area (Å²) in [4.78, 5) is 11.7. The number of aryl methyl sites for hydroxylation is 1. The SMILES string of the molecule is CCCc1ccc(OC(=O)NC(=N)c2cc[c]cc2)cc1. The number of ether oxygens (including phenoxy) is 1. The molecule has 2 aromatic rings. The highest BCUT2D eigenvalue weighted by molar-refractivity contribution is 6.04. The van der Waals surface area contributed by atoms with Crippen molar-refractivity contribution >= 4 is 11.9 Å². The quantitative estimate of drug-likeness (QED) is 0.665. The minimum Gasteiger partial charge on any atom is -0.410 e. The standard InChI is InChI=1S/C17H17N2O2/c1-2-6-13-9-11-15(12-10-13)21-17(20)19-16(18)14-7-4-3-5-8-14/h4-5,7-12H,2,6H2,1H3,(H2,18,19,20). The van der Waals surface area contributed by atoms with Crippen LogP contribution in [0.3, 0.4) is 0 Å². The topological polar surface area (TPSA) is 62.2 Å². The Balaban J connectivity index is 1.91. The fourth-order valence-electron chi connectivity index (χ4n) is 1.87. The molecule has 0 aliphatic rings. The number of rotatable bonds is 4. The van der Waals surface area contributed by atoms with E-state index in [0.717, 1.165) is 12.8 Å². The first-order chi connectivity index (χ1) is 10.2. The summed E-state index contributed by atoms with van der Waals surface area (Å²) < 4.78 is 5.14. The summed E-state index contributed by atoms with van der Waals surface area (Å²) >= 11 is 0. The van der Waals surface area contributed by atoms with E-state index in [9.17, 15) is 4.79 Å². The Hall–Kier alpha value is -2.62. The first-order valence-electron chi connectivity index (χ1n) is 6.82. The number of hydrogen-bond acceptors (Lipinski definition) is 3. The van der Waals surface area contributed by atoms with Gasteiger partial charge in [0.15, 0.2) is 0 Å². The number of amides is 1. The predicted molar refractivity (Wildman–Crippen MR) is 81.7 cm³/mol. The van der Waals surface area contributed by atoms with Gasteiger partial charge in [0.2, 0.25) is 0 Å². The number of carbonyl (C=O) groups excluding carboxylic acids is 1. The molecule has 21 heavy (non-hydrogen) atoms. The average Bonchev–Trinajstić information content (AvgIpc) is 2.50. The lowest BCUT2D eigenvalue weighted by Crippen LogP contribution is -2.32. The summed E-state index contributed by atoms with van der Waals surface area (Å²) in [7, 11) is 0. The van der Waals surface area contributed by atoms with E-state index in [4.69, 9.17) is 10.1 Å². The van der Waals surface area contributed by atoms with Crippen LogP contribution in [0.25, 0.3) is 0 Å². The van der Waals surface area contributed by atoms with Crippen molar-refractivity contribution in [1.29, 1.82) is 5.41 Å². The van der Waals surface area contributed by atoms with Gasteiger partial charge < -0.3 is 4.74 Å². The summed E-state index contributed by atoms with van der Waals surface area (Å²) in [5, 5.41) is 10.2. The maximum absolute atomic E-state index is 11.7. The molecule has 1 radical (unpaired) electrons. The third-order valence-electron chi connectivity index (χ3n) is 2.91. The Labute approximate surface area is 124 Å². The van der Waals surface area contributed by atoms with E-state index in [-0.39, 0.29) is 5.84 Å². The second-order valence-corrected chi connectivity index (χ2v) is 4.57. The molecule has 0 saturated heterocycles. The lowest BCUT2D eigenvalue weighted by molar-refractivity contribution is 0.206. The molecule has 4 nitrogen and oxygen atoms in total. The monoisotopic (exact) mass is 281 g/mol. The van der Waals surface area contributed by atoms with Crippen molar-refractivity contribution in [2.45, 2.75) is 19.8 Å². The van der Waals surface area contributed by atoms with Gasteiger partial charge in [0.25, 0.3) is 0 Å². The Morgan fingerprint density at radius 2 is 1.86 bits per heavy atom. The van der Waals surface area contributed by atoms with E-state index in [1.807, 2.05) is 12.1 Å². The van der Waals surface area contributed by atoms with Crippen LogP contribution in [-0.2, 0) is 6.42 Å². The van der Waals surface area contributed by atoms with Crippen LogP contribution in [0, 0.1) is 11.5 Å². The zero-order valence-electron chi connectivity index (χ0n) is 11.8.